The number of benzene rings is 1. The van der Waals surface area contributed by atoms with Crippen LogP contribution in [-0.4, -0.2) is 24.5 Å². The molecule has 94 valence electrons. The van der Waals surface area contributed by atoms with Crippen molar-refractivity contribution in [2.24, 2.45) is 0 Å². The molecule has 0 radical (unpaired) electrons. The molecule has 0 aromatic heterocycles. The standard InChI is InChI=1S/C13H19ClN2O/c1-4-9-15-13(17)16(3)10(2)11-7-5-6-8-12(11)14/h5-8,10H,4,9H2,1-3H3,(H,15,17). The summed E-state index contributed by atoms with van der Waals surface area (Å²) in [7, 11) is 1.78. The van der Waals surface area contributed by atoms with Gasteiger partial charge in [-0.05, 0) is 25.0 Å². The lowest BCUT2D eigenvalue weighted by molar-refractivity contribution is 0.194. The van der Waals surface area contributed by atoms with Crippen LogP contribution >= 0.6 is 11.6 Å². The van der Waals surface area contributed by atoms with Crippen LogP contribution in [0, 0.1) is 0 Å². The van der Waals surface area contributed by atoms with E-state index in [-0.39, 0.29) is 12.1 Å². The van der Waals surface area contributed by atoms with Crippen LogP contribution in [0.15, 0.2) is 24.3 Å². The zero-order valence-electron chi connectivity index (χ0n) is 10.5. The smallest absolute Gasteiger partial charge is 0.317 e. The van der Waals surface area contributed by atoms with Gasteiger partial charge in [0.15, 0.2) is 0 Å². The molecule has 0 aliphatic carbocycles. The molecule has 0 saturated carbocycles. The molecule has 0 aliphatic heterocycles. The molecule has 2 amide bonds. The number of nitrogens with one attached hydrogen (secondary N) is 1. The van der Waals surface area contributed by atoms with E-state index in [1.54, 1.807) is 11.9 Å². The number of halogens is 1. The van der Waals surface area contributed by atoms with Gasteiger partial charge in [-0.25, -0.2) is 4.79 Å². The third-order valence-corrected chi connectivity index (χ3v) is 3.13. The summed E-state index contributed by atoms with van der Waals surface area (Å²) < 4.78 is 0. The van der Waals surface area contributed by atoms with E-state index in [1.165, 1.54) is 0 Å². The minimum atomic E-state index is -0.0701. The summed E-state index contributed by atoms with van der Waals surface area (Å²) in [6, 6.07) is 7.48. The highest BCUT2D eigenvalue weighted by molar-refractivity contribution is 6.31. The normalized spacial score (nSPS) is 12.0. The average molecular weight is 255 g/mol. The molecule has 1 aromatic rings. The number of hydrogen-bond acceptors (Lipinski definition) is 1. The van der Waals surface area contributed by atoms with Crippen molar-refractivity contribution >= 4 is 17.6 Å². The van der Waals surface area contributed by atoms with E-state index in [0.717, 1.165) is 12.0 Å². The molecular weight excluding hydrogens is 236 g/mol. The van der Waals surface area contributed by atoms with Gasteiger partial charge in [0.1, 0.15) is 0 Å². The second-order valence-electron chi connectivity index (χ2n) is 4.04. The second-order valence-corrected chi connectivity index (χ2v) is 4.45. The van der Waals surface area contributed by atoms with Crippen LogP contribution in [0.3, 0.4) is 0 Å². The van der Waals surface area contributed by atoms with E-state index in [9.17, 15) is 4.79 Å². The molecule has 0 fully saturated rings. The van der Waals surface area contributed by atoms with Crippen molar-refractivity contribution in [2.45, 2.75) is 26.3 Å². The second kappa shape index (κ2) is 6.50. The highest BCUT2D eigenvalue weighted by Crippen LogP contribution is 2.25. The van der Waals surface area contributed by atoms with E-state index >= 15 is 0 Å². The zero-order chi connectivity index (χ0) is 12.8. The summed E-state index contributed by atoms with van der Waals surface area (Å²) in [5, 5.41) is 3.54. The van der Waals surface area contributed by atoms with Crippen molar-refractivity contribution in [1.82, 2.24) is 10.2 Å². The fourth-order valence-corrected chi connectivity index (χ4v) is 1.85. The monoisotopic (exact) mass is 254 g/mol. The molecular formula is C13H19ClN2O. The molecule has 0 spiro atoms. The Hall–Kier alpha value is -1.22. The first-order chi connectivity index (χ1) is 8.07. The van der Waals surface area contributed by atoms with Gasteiger partial charge in [0.25, 0.3) is 0 Å². The van der Waals surface area contributed by atoms with Crippen LogP contribution in [0.1, 0.15) is 31.9 Å². The first kappa shape index (κ1) is 13.8. The molecule has 0 aliphatic rings. The number of nitrogens with zero attached hydrogens (tertiary/aromatic N) is 1. The third-order valence-electron chi connectivity index (χ3n) is 2.78. The summed E-state index contributed by atoms with van der Waals surface area (Å²) in [4.78, 5) is 13.5. The van der Waals surface area contributed by atoms with E-state index in [4.69, 9.17) is 11.6 Å². The molecule has 0 bridgehead atoms. The quantitative estimate of drug-likeness (QED) is 0.877. The first-order valence-corrected chi connectivity index (χ1v) is 6.20. The molecule has 1 atom stereocenters. The molecule has 0 saturated heterocycles. The summed E-state index contributed by atoms with van der Waals surface area (Å²) >= 11 is 6.11. The predicted octanol–water partition coefficient (Wildman–Crippen LogP) is 3.45. The highest BCUT2D eigenvalue weighted by atomic mass is 35.5. The summed E-state index contributed by atoms with van der Waals surface area (Å²) in [6.07, 6.45) is 0.931. The zero-order valence-corrected chi connectivity index (χ0v) is 11.3. The van der Waals surface area contributed by atoms with Crippen LogP contribution in [-0.2, 0) is 0 Å². The van der Waals surface area contributed by atoms with Crippen LogP contribution in [0.4, 0.5) is 4.79 Å². The number of rotatable bonds is 4. The number of urea groups is 1. The predicted molar refractivity (Wildman–Crippen MR) is 71.3 cm³/mol. The Morgan fingerprint density at radius 3 is 2.71 bits per heavy atom. The number of carbonyl (C=O) groups excluding carboxylic acids is 1. The van der Waals surface area contributed by atoms with E-state index in [1.807, 2.05) is 38.1 Å². The SMILES string of the molecule is CCCNC(=O)N(C)C(C)c1ccccc1Cl. The van der Waals surface area contributed by atoms with Gasteiger partial charge in [0.2, 0.25) is 0 Å². The topological polar surface area (TPSA) is 32.3 Å². The van der Waals surface area contributed by atoms with Crippen LogP contribution in [0.25, 0.3) is 0 Å². The largest absolute Gasteiger partial charge is 0.338 e. The van der Waals surface area contributed by atoms with Gasteiger partial charge in [0, 0.05) is 18.6 Å². The Morgan fingerprint density at radius 1 is 1.47 bits per heavy atom. The molecule has 17 heavy (non-hydrogen) atoms. The van der Waals surface area contributed by atoms with Crippen molar-refractivity contribution in [3.8, 4) is 0 Å². The van der Waals surface area contributed by atoms with E-state index in [2.05, 4.69) is 5.32 Å². The molecule has 0 heterocycles. The van der Waals surface area contributed by atoms with Gasteiger partial charge in [-0.3, -0.25) is 0 Å². The van der Waals surface area contributed by atoms with Gasteiger partial charge in [-0.2, -0.15) is 0 Å². The van der Waals surface area contributed by atoms with Crippen molar-refractivity contribution in [1.29, 1.82) is 0 Å². The fourth-order valence-electron chi connectivity index (χ4n) is 1.56. The summed E-state index contributed by atoms with van der Waals surface area (Å²) in [5.74, 6) is 0. The fraction of sp³-hybridized carbons (Fsp3) is 0.462. The molecule has 1 unspecified atom stereocenters. The minimum Gasteiger partial charge on any atom is -0.338 e. The van der Waals surface area contributed by atoms with Crippen molar-refractivity contribution in [2.75, 3.05) is 13.6 Å². The Balaban J connectivity index is 2.72. The Kier molecular flexibility index (Phi) is 5.29. The minimum absolute atomic E-state index is 0.0412. The first-order valence-electron chi connectivity index (χ1n) is 5.83. The molecule has 1 aromatic carbocycles. The third kappa shape index (κ3) is 3.63. The number of amides is 2. The molecule has 1 N–H and O–H groups in total. The van der Waals surface area contributed by atoms with Crippen LogP contribution in [0.2, 0.25) is 5.02 Å². The Bertz CT molecular complexity index is 381. The maximum absolute atomic E-state index is 11.8. The van der Waals surface area contributed by atoms with Crippen molar-refractivity contribution < 1.29 is 4.79 Å². The highest BCUT2D eigenvalue weighted by Gasteiger charge is 2.18. The van der Waals surface area contributed by atoms with Gasteiger partial charge < -0.3 is 10.2 Å². The Labute approximate surface area is 108 Å². The number of hydrogen-bond donors (Lipinski definition) is 1. The average Bonchev–Trinajstić information content (AvgIpc) is 2.34. The molecule has 3 nitrogen and oxygen atoms in total. The molecule has 4 heteroatoms. The maximum atomic E-state index is 11.8. The van der Waals surface area contributed by atoms with Crippen molar-refractivity contribution in [3.63, 3.8) is 0 Å². The van der Waals surface area contributed by atoms with Gasteiger partial charge >= 0.3 is 6.03 Å². The maximum Gasteiger partial charge on any atom is 0.317 e. The summed E-state index contributed by atoms with van der Waals surface area (Å²) in [5.41, 5.74) is 0.961. The van der Waals surface area contributed by atoms with Crippen LogP contribution in [0.5, 0.6) is 0 Å². The lowest BCUT2D eigenvalue weighted by atomic mass is 10.1. The Morgan fingerprint density at radius 2 is 2.12 bits per heavy atom. The van der Waals surface area contributed by atoms with Gasteiger partial charge in [-0.15, -0.1) is 0 Å². The van der Waals surface area contributed by atoms with Crippen LogP contribution < -0.4 is 5.32 Å². The van der Waals surface area contributed by atoms with Gasteiger partial charge in [-0.1, -0.05) is 36.7 Å². The van der Waals surface area contributed by atoms with E-state index < -0.39 is 0 Å². The lowest BCUT2D eigenvalue weighted by Crippen LogP contribution is -2.39. The lowest BCUT2D eigenvalue weighted by Gasteiger charge is -2.26. The summed E-state index contributed by atoms with van der Waals surface area (Å²) in [6.45, 7) is 4.68. The van der Waals surface area contributed by atoms with Crippen molar-refractivity contribution in [3.05, 3.63) is 34.9 Å². The number of carbonyl (C=O) groups is 1. The van der Waals surface area contributed by atoms with Gasteiger partial charge in [0.05, 0.1) is 6.04 Å². The van der Waals surface area contributed by atoms with E-state index in [0.29, 0.717) is 11.6 Å². The molecule has 1 rings (SSSR count).